The molecule has 0 fully saturated rings. The number of rotatable bonds is 6. The summed E-state index contributed by atoms with van der Waals surface area (Å²) in [6, 6.07) is 77.5. The number of fused-ring (bicyclic) bond motifs is 7. The highest BCUT2D eigenvalue weighted by Gasteiger charge is 2.21. The van der Waals surface area contributed by atoms with Gasteiger partial charge in [0.25, 0.3) is 0 Å². The van der Waals surface area contributed by atoms with E-state index in [1.807, 2.05) is 6.07 Å². The third kappa shape index (κ3) is 5.80. The van der Waals surface area contributed by atoms with Crippen molar-refractivity contribution in [3.05, 3.63) is 218 Å². The Morgan fingerprint density at radius 3 is 1.74 bits per heavy atom. The van der Waals surface area contributed by atoms with E-state index in [2.05, 4.69) is 217 Å². The second-order valence-electron chi connectivity index (χ2n) is 15.5. The molecule has 0 amide bonds. The molecule has 0 atom stereocenters. The molecule has 0 aliphatic heterocycles. The summed E-state index contributed by atoms with van der Waals surface area (Å²) in [5.41, 5.74) is 10.7. The Hall–Kier alpha value is -8.21. The van der Waals surface area contributed by atoms with Crippen LogP contribution in [0.25, 0.3) is 116 Å². The molecule has 0 saturated carbocycles. The average Bonchev–Trinajstić information content (AvgIpc) is 3.68. The molecule has 0 N–H and O–H groups in total. The van der Waals surface area contributed by atoms with E-state index < -0.39 is 0 Å². The number of para-hydroxylation sites is 2. The van der Waals surface area contributed by atoms with Gasteiger partial charge in [0, 0.05) is 33.2 Å². The minimum atomic E-state index is 0.616. The van der Waals surface area contributed by atoms with Gasteiger partial charge >= 0.3 is 0 Å². The van der Waals surface area contributed by atoms with E-state index in [1.165, 1.54) is 32.4 Å². The van der Waals surface area contributed by atoms with Crippen LogP contribution in [0.1, 0.15) is 0 Å². The number of aromatic nitrogens is 4. The van der Waals surface area contributed by atoms with Gasteiger partial charge < -0.3 is 4.57 Å². The van der Waals surface area contributed by atoms with E-state index in [0.717, 1.165) is 66.3 Å². The fourth-order valence-corrected chi connectivity index (χ4v) is 9.29. The van der Waals surface area contributed by atoms with Crippen LogP contribution in [0.15, 0.2) is 218 Å². The normalized spacial score (nSPS) is 11.6. The standard InChI is InChI=1S/C57H36N4/c1-3-17-37(18-4-1)43-25-11-12-28-48(43)56-58-55(59-57(60-56)54-46-27-10-8-20-40(46)36-50-44-26-9-7-19-38(44)33-34-47(50)54)41-22-15-21-39(35-41)45-30-16-32-52-53(45)49-29-13-14-31-51(49)61(52)42-23-5-2-6-24-42/h1-36H. The molecule has 4 nitrogen and oxygen atoms in total. The highest BCUT2D eigenvalue weighted by Crippen LogP contribution is 2.42. The maximum absolute atomic E-state index is 5.45. The van der Waals surface area contributed by atoms with Gasteiger partial charge in [-0.25, -0.2) is 15.0 Å². The predicted octanol–water partition coefficient (Wildman–Crippen LogP) is 14.8. The molecule has 0 aliphatic carbocycles. The summed E-state index contributed by atoms with van der Waals surface area (Å²) in [7, 11) is 0. The number of benzene rings is 10. The largest absolute Gasteiger partial charge is 0.309 e. The van der Waals surface area contributed by atoms with Crippen molar-refractivity contribution in [2.75, 3.05) is 0 Å². The smallest absolute Gasteiger partial charge is 0.165 e. The predicted molar refractivity (Wildman–Crippen MR) is 254 cm³/mol. The minimum Gasteiger partial charge on any atom is -0.309 e. The molecule has 284 valence electrons. The molecule has 4 heteroatoms. The molecule has 12 aromatic rings. The van der Waals surface area contributed by atoms with Crippen molar-refractivity contribution in [2.45, 2.75) is 0 Å². The van der Waals surface area contributed by atoms with Crippen LogP contribution >= 0.6 is 0 Å². The summed E-state index contributed by atoms with van der Waals surface area (Å²) in [5.74, 6) is 1.88. The van der Waals surface area contributed by atoms with Crippen LogP contribution in [0.4, 0.5) is 0 Å². The number of hydrogen-bond donors (Lipinski definition) is 0. The summed E-state index contributed by atoms with van der Waals surface area (Å²) in [5, 5.41) is 9.33. The summed E-state index contributed by atoms with van der Waals surface area (Å²) < 4.78 is 2.37. The summed E-state index contributed by atoms with van der Waals surface area (Å²) >= 11 is 0. The van der Waals surface area contributed by atoms with Gasteiger partial charge in [-0.2, -0.15) is 0 Å². The molecule has 0 radical (unpaired) electrons. The molecule has 0 unspecified atom stereocenters. The van der Waals surface area contributed by atoms with E-state index >= 15 is 0 Å². The van der Waals surface area contributed by atoms with Crippen LogP contribution in [0.3, 0.4) is 0 Å². The van der Waals surface area contributed by atoms with Crippen LogP contribution < -0.4 is 0 Å². The Morgan fingerprint density at radius 2 is 0.885 bits per heavy atom. The maximum Gasteiger partial charge on any atom is 0.165 e. The second kappa shape index (κ2) is 14.3. The monoisotopic (exact) mass is 776 g/mol. The molecule has 0 aliphatic rings. The molecular weight excluding hydrogens is 741 g/mol. The quantitative estimate of drug-likeness (QED) is 0.125. The van der Waals surface area contributed by atoms with Crippen LogP contribution in [0, 0.1) is 0 Å². The molecular formula is C57H36N4. The topological polar surface area (TPSA) is 43.6 Å². The van der Waals surface area contributed by atoms with Crippen LogP contribution in [0.2, 0.25) is 0 Å². The SMILES string of the molecule is c1ccc(-c2ccccc2-c2nc(-c3cccc(-c4cccc5c4c4ccccc4n5-c4ccccc4)c3)nc(-c3c4ccccc4cc4c3ccc3ccccc34)n2)cc1. The van der Waals surface area contributed by atoms with Gasteiger partial charge in [0.15, 0.2) is 17.5 Å². The lowest BCUT2D eigenvalue weighted by atomic mass is 9.93. The first-order valence-electron chi connectivity index (χ1n) is 20.7. The van der Waals surface area contributed by atoms with Crippen LogP contribution in [-0.2, 0) is 0 Å². The van der Waals surface area contributed by atoms with Crippen LogP contribution in [-0.4, -0.2) is 19.5 Å². The molecule has 12 rings (SSSR count). The van der Waals surface area contributed by atoms with Gasteiger partial charge in [-0.15, -0.1) is 0 Å². The maximum atomic E-state index is 5.45. The first-order valence-corrected chi connectivity index (χ1v) is 20.7. The Kier molecular flexibility index (Phi) is 8.13. The Morgan fingerprint density at radius 1 is 0.295 bits per heavy atom. The molecule has 0 saturated heterocycles. The zero-order chi connectivity index (χ0) is 40.3. The molecule has 61 heavy (non-hydrogen) atoms. The molecule has 2 aromatic heterocycles. The van der Waals surface area contributed by atoms with Crippen molar-refractivity contribution in [3.63, 3.8) is 0 Å². The molecule has 10 aromatic carbocycles. The van der Waals surface area contributed by atoms with Crippen molar-refractivity contribution in [2.24, 2.45) is 0 Å². The van der Waals surface area contributed by atoms with Gasteiger partial charge in [-0.1, -0.05) is 182 Å². The first-order chi connectivity index (χ1) is 30.3. The van der Waals surface area contributed by atoms with Crippen molar-refractivity contribution in [3.8, 4) is 62.1 Å². The fourth-order valence-electron chi connectivity index (χ4n) is 9.29. The lowest BCUT2D eigenvalue weighted by Gasteiger charge is -2.16. The van der Waals surface area contributed by atoms with E-state index in [0.29, 0.717) is 17.5 Å². The van der Waals surface area contributed by atoms with Gasteiger partial charge in [-0.3, -0.25) is 0 Å². The summed E-state index contributed by atoms with van der Waals surface area (Å²) in [6.07, 6.45) is 0. The van der Waals surface area contributed by atoms with Gasteiger partial charge in [0.05, 0.1) is 11.0 Å². The third-order valence-electron chi connectivity index (χ3n) is 12.0. The second-order valence-corrected chi connectivity index (χ2v) is 15.5. The molecule has 0 bridgehead atoms. The first kappa shape index (κ1) is 34.8. The molecule has 2 heterocycles. The highest BCUT2D eigenvalue weighted by molar-refractivity contribution is 6.20. The van der Waals surface area contributed by atoms with E-state index in [4.69, 9.17) is 15.0 Å². The summed E-state index contributed by atoms with van der Waals surface area (Å²) in [6.45, 7) is 0. The average molecular weight is 777 g/mol. The van der Waals surface area contributed by atoms with E-state index in [-0.39, 0.29) is 0 Å². The van der Waals surface area contributed by atoms with Crippen molar-refractivity contribution in [1.82, 2.24) is 19.5 Å². The van der Waals surface area contributed by atoms with Crippen molar-refractivity contribution in [1.29, 1.82) is 0 Å². The lowest BCUT2D eigenvalue weighted by Crippen LogP contribution is -2.02. The molecule has 0 spiro atoms. The Balaban J connectivity index is 1.12. The Labute approximate surface area is 352 Å². The van der Waals surface area contributed by atoms with Gasteiger partial charge in [0.2, 0.25) is 0 Å². The fraction of sp³-hybridized carbons (Fsp3) is 0. The zero-order valence-electron chi connectivity index (χ0n) is 33.1. The summed E-state index contributed by atoms with van der Waals surface area (Å²) in [4.78, 5) is 16.2. The zero-order valence-corrected chi connectivity index (χ0v) is 33.1. The number of nitrogens with zero attached hydrogens (tertiary/aromatic N) is 4. The van der Waals surface area contributed by atoms with Crippen LogP contribution in [0.5, 0.6) is 0 Å². The van der Waals surface area contributed by atoms with E-state index in [9.17, 15) is 0 Å². The third-order valence-corrected chi connectivity index (χ3v) is 12.0. The van der Waals surface area contributed by atoms with Crippen molar-refractivity contribution >= 4 is 54.1 Å². The van der Waals surface area contributed by atoms with Gasteiger partial charge in [-0.05, 0) is 91.0 Å². The number of hydrogen-bond acceptors (Lipinski definition) is 3. The minimum absolute atomic E-state index is 0.616. The van der Waals surface area contributed by atoms with E-state index in [1.54, 1.807) is 0 Å². The van der Waals surface area contributed by atoms with Crippen molar-refractivity contribution < 1.29 is 0 Å². The Bertz CT molecular complexity index is 3650. The van der Waals surface area contributed by atoms with Gasteiger partial charge in [0.1, 0.15) is 0 Å². The highest BCUT2D eigenvalue weighted by atomic mass is 15.0. The lowest BCUT2D eigenvalue weighted by molar-refractivity contribution is 1.08.